The summed E-state index contributed by atoms with van der Waals surface area (Å²) >= 11 is 0. The smallest absolute Gasteiger partial charge is 0.327 e. The molecule has 2 aromatic carbocycles. The molecule has 10 heteroatoms. The van der Waals surface area contributed by atoms with Crippen molar-refractivity contribution < 1.29 is 27.5 Å². The lowest BCUT2D eigenvalue weighted by atomic mass is 10.1. The summed E-state index contributed by atoms with van der Waals surface area (Å²) in [5, 5.41) is 4.59. The van der Waals surface area contributed by atoms with Crippen LogP contribution in [0.1, 0.15) is 16.7 Å². The quantitative estimate of drug-likeness (QED) is 0.628. The number of para-hydroxylation sites is 1. The van der Waals surface area contributed by atoms with Crippen LogP contribution >= 0.6 is 0 Å². The molecule has 0 heterocycles. The number of carbonyl (C=O) groups excluding carboxylic acids is 3. The number of aryl methyl sites for hydroxylation is 3. The number of esters is 1. The summed E-state index contributed by atoms with van der Waals surface area (Å²) in [5.74, 6) is -1.78. The first-order valence-corrected chi connectivity index (χ1v) is 11.2. The lowest BCUT2D eigenvalue weighted by Crippen LogP contribution is -2.40. The molecule has 0 aromatic heterocycles. The Morgan fingerprint density at radius 2 is 1.68 bits per heavy atom. The van der Waals surface area contributed by atoms with Crippen molar-refractivity contribution in [2.75, 3.05) is 29.0 Å². The molecule has 0 atom stereocenters. The van der Waals surface area contributed by atoms with Gasteiger partial charge in [0.2, 0.25) is 10.0 Å². The molecule has 0 radical (unpaired) electrons. The summed E-state index contributed by atoms with van der Waals surface area (Å²) in [6.07, 6.45) is 0.969. The highest BCUT2D eigenvalue weighted by Crippen LogP contribution is 2.21. The number of urea groups is 1. The fraction of sp³-hybridized carbons (Fsp3) is 0.286. The van der Waals surface area contributed by atoms with Gasteiger partial charge in [0.25, 0.3) is 5.91 Å². The van der Waals surface area contributed by atoms with E-state index in [9.17, 15) is 22.8 Å². The lowest BCUT2D eigenvalue weighted by molar-refractivity contribution is -0.146. The van der Waals surface area contributed by atoms with Crippen molar-refractivity contribution >= 4 is 39.3 Å². The molecule has 2 rings (SSSR count). The number of hydrogen-bond donors (Lipinski definition) is 2. The predicted molar refractivity (Wildman–Crippen MR) is 117 cm³/mol. The Hall–Kier alpha value is -3.40. The van der Waals surface area contributed by atoms with Gasteiger partial charge in [-0.05, 0) is 44.0 Å². The average Bonchev–Trinajstić information content (AvgIpc) is 2.66. The van der Waals surface area contributed by atoms with E-state index in [1.807, 2.05) is 26.0 Å². The van der Waals surface area contributed by atoms with Crippen LogP contribution in [-0.4, -0.2) is 45.7 Å². The molecule has 0 bridgehead atoms. The normalized spacial score (nSPS) is 10.8. The van der Waals surface area contributed by atoms with E-state index < -0.39 is 41.1 Å². The first-order chi connectivity index (χ1) is 14.5. The van der Waals surface area contributed by atoms with E-state index in [1.54, 1.807) is 37.3 Å². The monoisotopic (exact) mass is 447 g/mol. The molecule has 0 spiro atoms. The Morgan fingerprint density at radius 1 is 1.00 bits per heavy atom. The van der Waals surface area contributed by atoms with Crippen LogP contribution in [0.25, 0.3) is 0 Å². The van der Waals surface area contributed by atoms with Gasteiger partial charge in [-0.1, -0.05) is 35.9 Å². The summed E-state index contributed by atoms with van der Waals surface area (Å²) in [6, 6.07) is 11.3. The van der Waals surface area contributed by atoms with Crippen LogP contribution < -0.4 is 14.9 Å². The first kappa shape index (κ1) is 23.9. The second-order valence-corrected chi connectivity index (χ2v) is 8.94. The fourth-order valence-corrected chi connectivity index (χ4v) is 3.71. The minimum atomic E-state index is -3.77. The third kappa shape index (κ3) is 7.10. The van der Waals surface area contributed by atoms with Gasteiger partial charge in [0, 0.05) is 5.69 Å². The molecule has 0 saturated carbocycles. The third-order valence-corrected chi connectivity index (χ3v) is 5.43. The number of sulfonamides is 1. The van der Waals surface area contributed by atoms with Crippen LogP contribution in [0.5, 0.6) is 0 Å². The molecule has 0 fully saturated rings. The Labute approximate surface area is 181 Å². The zero-order valence-electron chi connectivity index (χ0n) is 17.8. The van der Waals surface area contributed by atoms with Gasteiger partial charge in [0.05, 0.1) is 11.9 Å². The number of rotatable bonds is 7. The number of nitrogens with zero attached hydrogens (tertiary/aromatic N) is 1. The molecule has 0 aliphatic carbocycles. The number of imide groups is 1. The number of carbonyl (C=O) groups is 3. The molecule has 3 amide bonds. The van der Waals surface area contributed by atoms with Gasteiger partial charge in [-0.25, -0.2) is 13.2 Å². The molecule has 31 heavy (non-hydrogen) atoms. The highest BCUT2D eigenvalue weighted by molar-refractivity contribution is 7.92. The van der Waals surface area contributed by atoms with E-state index in [2.05, 4.69) is 10.6 Å². The van der Waals surface area contributed by atoms with Crippen LogP contribution in [0.15, 0.2) is 42.5 Å². The topological polar surface area (TPSA) is 122 Å². The van der Waals surface area contributed by atoms with Crippen LogP contribution in [-0.2, 0) is 24.3 Å². The third-order valence-electron chi connectivity index (χ3n) is 4.30. The fourth-order valence-electron chi connectivity index (χ4n) is 2.80. The maximum absolute atomic E-state index is 12.1. The van der Waals surface area contributed by atoms with E-state index in [-0.39, 0.29) is 0 Å². The standard InChI is InChI=1S/C21H25N3O6S/c1-14-9-10-17(16(3)11-14)22-21(27)23-19(25)13-30-20(26)12-24(31(4,28)29)18-8-6-5-7-15(18)2/h5-11H,12-13H2,1-4H3,(H2,22,23,25,27). The number of hydrogen-bond acceptors (Lipinski definition) is 6. The number of nitrogens with one attached hydrogen (secondary N) is 2. The van der Waals surface area contributed by atoms with E-state index in [4.69, 9.17) is 4.74 Å². The number of anilines is 2. The van der Waals surface area contributed by atoms with Crippen molar-refractivity contribution in [3.8, 4) is 0 Å². The summed E-state index contributed by atoms with van der Waals surface area (Å²) in [6.45, 7) is 4.10. The van der Waals surface area contributed by atoms with Crippen LogP contribution in [0.3, 0.4) is 0 Å². The molecule has 2 aromatic rings. The summed E-state index contributed by atoms with van der Waals surface area (Å²) < 4.78 is 30.0. The van der Waals surface area contributed by atoms with Crippen molar-refractivity contribution in [1.82, 2.24) is 5.32 Å². The van der Waals surface area contributed by atoms with E-state index in [0.29, 0.717) is 16.9 Å². The molecular weight excluding hydrogens is 422 g/mol. The van der Waals surface area contributed by atoms with Crippen molar-refractivity contribution in [2.45, 2.75) is 20.8 Å². The second-order valence-electron chi connectivity index (χ2n) is 7.04. The Morgan fingerprint density at radius 3 is 2.29 bits per heavy atom. The Balaban J connectivity index is 1.91. The molecule has 0 unspecified atom stereocenters. The first-order valence-electron chi connectivity index (χ1n) is 9.34. The maximum Gasteiger partial charge on any atom is 0.327 e. The summed E-state index contributed by atoms with van der Waals surface area (Å²) in [5.41, 5.74) is 3.38. The average molecular weight is 448 g/mol. The molecule has 0 saturated heterocycles. The number of amides is 3. The minimum absolute atomic E-state index is 0.333. The van der Waals surface area contributed by atoms with Gasteiger partial charge in [0.15, 0.2) is 6.61 Å². The highest BCUT2D eigenvalue weighted by atomic mass is 32.2. The Bertz CT molecular complexity index is 1100. The van der Waals surface area contributed by atoms with Gasteiger partial charge < -0.3 is 10.1 Å². The number of ether oxygens (including phenoxy) is 1. The van der Waals surface area contributed by atoms with Crippen LogP contribution in [0.4, 0.5) is 16.2 Å². The van der Waals surface area contributed by atoms with Gasteiger partial charge in [-0.2, -0.15) is 0 Å². The summed E-state index contributed by atoms with van der Waals surface area (Å²) in [7, 11) is -3.77. The van der Waals surface area contributed by atoms with Gasteiger partial charge in [0.1, 0.15) is 6.54 Å². The molecule has 0 aliphatic heterocycles. The SMILES string of the molecule is Cc1ccc(NC(=O)NC(=O)COC(=O)CN(c2ccccc2C)S(C)(=O)=O)c(C)c1. The highest BCUT2D eigenvalue weighted by Gasteiger charge is 2.23. The molecule has 166 valence electrons. The van der Waals surface area contributed by atoms with Crippen LogP contribution in [0.2, 0.25) is 0 Å². The Kier molecular flexibility index (Phi) is 7.76. The number of benzene rings is 2. The van der Waals surface area contributed by atoms with Gasteiger partial charge >= 0.3 is 12.0 Å². The van der Waals surface area contributed by atoms with Crippen molar-refractivity contribution in [2.24, 2.45) is 0 Å². The molecule has 0 aliphatic rings. The maximum atomic E-state index is 12.1. The van der Waals surface area contributed by atoms with Gasteiger partial charge in [-0.3, -0.25) is 19.2 Å². The summed E-state index contributed by atoms with van der Waals surface area (Å²) in [4.78, 5) is 36.0. The second kappa shape index (κ2) is 10.1. The van der Waals surface area contributed by atoms with E-state index in [1.165, 1.54) is 0 Å². The largest absolute Gasteiger partial charge is 0.454 e. The minimum Gasteiger partial charge on any atom is -0.454 e. The predicted octanol–water partition coefficient (Wildman–Crippen LogP) is 2.27. The zero-order valence-corrected chi connectivity index (χ0v) is 18.6. The van der Waals surface area contributed by atoms with E-state index in [0.717, 1.165) is 21.7 Å². The molecular formula is C21H25N3O6S. The van der Waals surface area contributed by atoms with Gasteiger partial charge in [-0.15, -0.1) is 0 Å². The van der Waals surface area contributed by atoms with E-state index >= 15 is 0 Å². The van der Waals surface area contributed by atoms with Crippen molar-refractivity contribution in [3.63, 3.8) is 0 Å². The zero-order chi connectivity index (χ0) is 23.2. The van der Waals surface area contributed by atoms with Crippen molar-refractivity contribution in [1.29, 1.82) is 0 Å². The van der Waals surface area contributed by atoms with Crippen LogP contribution in [0, 0.1) is 20.8 Å². The molecule has 2 N–H and O–H groups in total. The molecule has 9 nitrogen and oxygen atoms in total. The van der Waals surface area contributed by atoms with Crippen molar-refractivity contribution in [3.05, 3.63) is 59.2 Å². The lowest BCUT2D eigenvalue weighted by Gasteiger charge is -2.23.